The van der Waals surface area contributed by atoms with Crippen LogP contribution in [0.1, 0.15) is 36.7 Å². The molecule has 18 heavy (non-hydrogen) atoms. The highest BCUT2D eigenvalue weighted by Gasteiger charge is 2.25. The number of rotatable bonds is 2. The number of hydrogen-bond donors (Lipinski definition) is 0. The third-order valence-corrected chi connectivity index (χ3v) is 2.83. The summed E-state index contributed by atoms with van der Waals surface area (Å²) in [7, 11) is 0. The van der Waals surface area contributed by atoms with Crippen molar-refractivity contribution in [2.75, 3.05) is 0 Å². The molecule has 3 nitrogen and oxygen atoms in total. The van der Waals surface area contributed by atoms with E-state index >= 15 is 0 Å². The Hall–Kier alpha value is -1.90. The Morgan fingerprint density at radius 2 is 2.00 bits per heavy atom. The Labute approximate surface area is 107 Å². The summed E-state index contributed by atoms with van der Waals surface area (Å²) in [6.45, 7) is 7.81. The van der Waals surface area contributed by atoms with E-state index in [9.17, 15) is 4.79 Å². The quantitative estimate of drug-likeness (QED) is 0.756. The molecule has 0 aliphatic carbocycles. The summed E-state index contributed by atoms with van der Waals surface area (Å²) in [5.41, 5.74) is 2.29. The van der Waals surface area contributed by atoms with Gasteiger partial charge in [-0.1, -0.05) is 26.8 Å². The minimum atomic E-state index is -0.392. The maximum absolute atomic E-state index is 12.5. The fourth-order valence-electron chi connectivity index (χ4n) is 1.84. The maximum atomic E-state index is 12.5. The van der Waals surface area contributed by atoms with Gasteiger partial charge in [-0.05, 0) is 30.7 Å². The minimum Gasteiger partial charge on any atom is -0.294 e. The summed E-state index contributed by atoms with van der Waals surface area (Å²) in [5.74, 6) is 0.132. The zero-order valence-electron chi connectivity index (χ0n) is 11.3. The molecule has 2 aromatic rings. The Kier molecular flexibility index (Phi) is 3.07. The second-order valence-corrected chi connectivity index (χ2v) is 5.55. The van der Waals surface area contributed by atoms with Gasteiger partial charge in [0.05, 0.1) is 5.69 Å². The molecule has 0 saturated carbocycles. The fourth-order valence-corrected chi connectivity index (χ4v) is 1.84. The zero-order valence-corrected chi connectivity index (χ0v) is 11.3. The molecule has 0 fully saturated rings. The zero-order chi connectivity index (χ0) is 13.3. The average molecular weight is 242 g/mol. The summed E-state index contributed by atoms with van der Waals surface area (Å²) >= 11 is 0. The first-order valence-electron chi connectivity index (χ1n) is 6.05. The van der Waals surface area contributed by atoms with Gasteiger partial charge in [0.25, 0.3) is 0 Å². The van der Waals surface area contributed by atoms with Crippen LogP contribution in [-0.2, 0) is 0 Å². The lowest BCUT2D eigenvalue weighted by Gasteiger charge is -2.19. The molecule has 1 heterocycles. The fraction of sp³-hybridized carbons (Fsp3) is 0.333. The van der Waals surface area contributed by atoms with Crippen LogP contribution in [-0.4, -0.2) is 15.6 Å². The molecule has 0 N–H and O–H groups in total. The van der Waals surface area contributed by atoms with E-state index in [1.165, 1.54) is 0 Å². The average Bonchev–Trinajstić information content (AvgIpc) is 2.80. The lowest BCUT2D eigenvalue weighted by atomic mass is 9.85. The van der Waals surface area contributed by atoms with E-state index in [-0.39, 0.29) is 5.78 Å². The summed E-state index contributed by atoms with van der Waals surface area (Å²) in [4.78, 5) is 12.5. The van der Waals surface area contributed by atoms with Crippen molar-refractivity contribution in [3.05, 3.63) is 47.8 Å². The molecule has 0 bridgehead atoms. The van der Waals surface area contributed by atoms with E-state index in [1.807, 2.05) is 58.2 Å². The van der Waals surface area contributed by atoms with Gasteiger partial charge in [0, 0.05) is 23.4 Å². The van der Waals surface area contributed by atoms with Crippen LogP contribution in [0.25, 0.3) is 5.69 Å². The highest BCUT2D eigenvalue weighted by atomic mass is 16.1. The van der Waals surface area contributed by atoms with Gasteiger partial charge < -0.3 is 0 Å². The highest BCUT2D eigenvalue weighted by molar-refractivity contribution is 6.02. The SMILES string of the molecule is Cc1ccc(C(=O)C(C)(C)C)c(-n2cccn2)c1. The van der Waals surface area contributed by atoms with E-state index in [0.717, 1.165) is 16.8 Å². The smallest absolute Gasteiger partial charge is 0.170 e. The van der Waals surface area contributed by atoms with Gasteiger partial charge in [0.15, 0.2) is 5.78 Å². The third kappa shape index (κ3) is 2.35. The molecule has 0 aliphatic heterocycles. The van der Waals surface area contributed by atoms with Gasteiger partial charge in [-0.2, -0.15) is 5.10 Å². The predicted octanol–water partition coefficient (Wildman–Crippen LogP) is 3.41. The van der Waals surface area contributed by atoms with E-state index in [1.54, 1.807) is 10.9 Å². The van der Waals surface area contributed by atoms with Crippen LogP contribution in [0.2, 0.25) is 0 Å². The number of carbonyl (C=O) groups is 1. The van der Waals surface area contributed by atoms with Crippen molar-refractivity contribution < 1.29 is 4.79 Å². The first kappa shape index (κ1) is 12.6. The van der Waals surface area contributed by atoms with Crippen LogP contribution < -0.4 is 0 Å². The van der Waals surface area contributed by atoms with Gasteiger partial charge in [0.2, 0.25) is 0 Å². The van der Waals surface area contributed by atoms with Crippen LogP contribution in [0.4, 0.5) is 0 Å². The predicted molar refractivity (Wildman–Crippen MR) is 72.1 cm³/mol. The second kappa shape index (κ2) is 4.41. The maximum Gasteiger partial charge on any atom is 0.170 e. The number of Topliss-reactive ketones (excluding diaryl/α,β-unsaturated/α-hetero) is 1. The topological polar surface area (TPSA) is 34.9 Å². The molecule has 0 amide bonds. The Bertz CT molecular complexity index is 563. The van der Waals surface area contributed by atoms with Crippen LogP contribution in [0.5, 0.6) is 0 Å². The number of nitrogens with zero attached hydrogens (tertiary/aromatic N) is 2. The largest absolute Gasteiger partial charge is 0.294 e. The van der Waals surface area contributed by atoms with Gasteiger partial charge in [-0.25, -0.2) is 4.68 Å². The number of aromatic nitrogens is 2. The van der Waals surface area contributed by atoms with Crippen molar-refractivity contribution in [1.82, 2.24) is 9.78 Å². The summed E-state index contributed by atoms with van der Waals surface area (Å²) in [5, 5.41) is 4.22. The van der Waals surface area contributed by atoms with Crippen molar-refractivity contribution in [1.29, 1.82) is 0 Å². The molecule has 94 valence electrons. The molecule has 1 aromatic heterocycles. The third-order valence-electron chi connectivity index (χ3n) is 2.83. The Morgan fingerprint density at radius 1 is 1.28 bits per heavy atom. The van der Waals surface area contributed by atoms with E-state index in [2.05, 4.69) is 5.10 Å². The van der Waals surface area contributed by atoms with Gasteiger partial charge in [-0.15, -0.1) is 0 Å². The van der Waals surface area contributed by atoms with Crippen molar-refractivity contribution in [2.24, 2.45) is 5.41 Å². The molecule has 3 heteroatoms. The van der Waals surface area contributed by atoms with E-state index in [4.69, 9.17) is 0 Å². The molecule has 0 unspecified atom stereocenters. The number of hydrogen-bond acceptors (Lipinski definition) is 2. The molecular weight excluding hydrogens is 224 g/mol. The molecule has 1 aromatic carbocycles. The molecular formula is C15H18N2O. The monoisotopic (exact) mass is 242 g/mol. The summed E-state index contributed by atoms with van der Waals surface area (Å²) < 4.78 is 1.74. The number of aryl methyl sites for hydroxylation is 1. The number of carbonyl (C=O) groups excluding carboxylic acids is 1. The molecule has 0 atom stereocenters. The molecule has 0 radical (unpaired) electrons. The van der Waals surface area contributed by atoms with Crippen molar-refractivity contribution in [2.45, 2.75) is 27.7 Å². The molecule has 0 aliphatic rings. The lowest BCUT2D eigenvalue weighted by molar-refractivity contribution is 0.0858. The molecule has 0 saturated heterocycles. The van der Waals surface area contributed by atoms with Crippen molar-refractivity contribution in [3.63, 3.8) is 0 Å². The van der Waals surface area contributed by atoms with Gasteiger partial charge >= 0.3 is 0 Å². The first-order valence-corrected chi connectivity index (χ1v) is 6.05. The number of ketones is 1. The Morgan fingerprint density at radius 3 is 2.56 bits per heavy atom. The van der Waals surface area contributed by atoms with Crippen LogP contribution in [0, 0.1) is 12.3 Å². The van der Waals surface area contributed by atoms with Crippen molar-refractivity contribution in [3.8, 4) is 5.69 Å². The van der Waals surface area contributed by atoms with Crippen LogP contribution in [0.3, 0.4) is 0 Å². The van der Waals surface area contributed by atoms with Crippen LogP contribution >= 0.6 is 0 Å². The Balaban J connectivity index is 2.58. The molecule has 2 rings (SSSR count). The lowest BCUT2D eigenvalue weighted by Crippen LogP contribution is -2.22. The normalized spacial score (nSPS) is 11.6. The number of benzene rings is 1. The van der Waals surface area contributed by atoms with Crippen molar-refractivity contribution >= 4 is 5.78 Å². The summed E-state index contributed by atoms with van der Waals surface area (Å²) in [6, 6.07) is 7.70. The minimum absolute atomic E-state index is 0.132. The standard InChI is InChI=1S/C15H18N2O/c1-11-6-7-12(14(18)15(2,3)4)13(10-11)17-9-5-8-16-17/h5-10H,1-4H3. The van der Waals surface area contributed by atoms with E-state index in [0.29, 0.717) is 0 Å². The van der Waals surface area contributed by atoms with Gasteiger partial charge in [0.1, 0.15) is 0 Å². The summed E-state index contributed by atoms with van der Waals surface area (Å²) in [6.07, 6.45) is 3.57. The second-order valence-electron chi connectivity index (χ2n) is 5.55. The van der Waals surface area contributed by atoms with Crippen LogP contribution in [0.15, 0.2) is 36.7 Å². The van der Waals surface area contributed by atoms with Gasteiger partial charge in [-0.3, -0.25) is 4.79 Å². The molecule has 0 spiro atoms. The first-order chi connectivity index (χ1) is 8.39. The van der Waals surface area contributed by atoms with E-state index < -0.39 is 5.41 Å². The highest BCUT2D eigenvalue weighted by Crippen LogP contribution is 2.25.